The van der Waals surface area contributed by atoms with Gasteiger partial charge in [-0.2, -0.15) is 5.10 Å². The molecule has 0 aliphatic heterocycles. The number of rotatable bonds is 5. The molecule has 106 valence electrons. The summed E-state index contributed by atoms with van der Waals surface area (Å²) in [6.07, 6.45) is 9.48. The molecule has 1 fully saturated rings. The van der Waals surface area contributed by atoms with Crippen LogP contribution in [0.1, 0.15) is 37.4 Å². The van der Waals surface area contributed by atoms with Crippen LogP contribution in [0.3, 0.4) is 0 Å². The number of thioether (sulfide) groups is 1. The Kier molecular flexibility index (Phi) is 4.31. The molecule has 1 aromatic carbocycles. The van der Waals surface area contributed by atoms with Crippen molar-refractivity contribution in [3.8, 4) is 0 Å². The number of hydrogen-bond donors (Lipinski definition) is 1. The molecule has 0 amide bonds. The van der Waals surface area contributed by atoms with E-state index in [1.807, 2.05) is 0 Å². The summed E-state index contributed by atoms with van der Waals surface area (Å²) in [6.45, 7) is 0.790. The molecule has 1 heterocycles. The van der Waals surface area contributed by atoms with Gasteiger partial charge in [0.25, 0.3) is 0 Å². The molecule has 0 unspecified atom stereocenters. The quantitative estimate of drug-likeness (QED) is 0.830. The minimum absolute atomic E-state index is 0.629. The monoisotopic (exact) mass is 287 g/mol. The maximum atomic E-state index is 4.69. The number of anilines is 1. The molecule has 1 aliphatic rings. The first-order valence-electron chi connectivity index (χ1n) is 7.27. The van der Waals surface area contributed by atoms with Crippen molar-refractivity contribution in [1.82, 2.24) is 9.78 Å². The van der Waals surface area contributed by atoms with E-state index in [4.69, 9.17) is 5.10 Å². The Hall–Kier alpha value is -1.42. The number of nitrogens with one attached hydrogen (secondary N) is 1. The average molecular weight is 287 g/mol. The third-order valence-corrected chi connectivity index (χ3v) is 4.67. The number of hydrogen-bond acceptors (Lipinski definition) is 3. The van der Waals surface area contributed by atoms with E-state index in [-0.39, 0.29) is 0 Å². The second-order valence-electron chi connectivity index (χ2n) is 5.31. The summed E-state index contributed by atoms with van der Waals surface area (Å²) in [6, 6.07) is 11.3. The topological polar surface area (TPSA) is 29.9 Å². The zero-order valence-corrected chi connectivity index (χ0v) is 12.7. The Morgan fingerprint density at radius 1 is 1.20 bits per heavy atom. The molecule has 0 atom stereocenters. The Morgan fingerprint density at radius 2 is 1.95 bits per heavy atom. The van der Waals surface area contributed by atoms with E-state index in [1.165, 1.54) is 30.6 Å². The molecule has 1 aliphatic carbocycles. The first-order chi connectivity index (χ1) is 9.85. The van der Waals surface area contributed by atoms with Crippen LogP contribution in [0.5, 0.6) is 0 Å². The molecular weight excluding hydrogens is 266 g/mol. The van der Waals surface area contributed by atoms with E-state index < -0.39 is 0 Å². The fraction of sp³-hybridized carbons (Fsp3) is 0.438. The summed E-state index contributed by atoms with van der Waals surface area (Å²) in [5.41, 5.74) is 2.27. The highest BCUT2D eigenvalue weighted by molar-refractivity contribution is 7.98. The van der Waals surface area contributed by atoms with Gasteiger partial charge >= 0.3 is 0 Å². The van der Waals surface area contributed by atoms with E-state index >= 15 is 0 Å². The lowest BCUT2D eigenvalue weighted by Gasteiger charge is -2.09. The minimum Gasteiger partial charge on any atom is -0.379 e. The number of nitrogens with zero attached hydrogens (tertiary/aromatic N) is 2. The summed E-state index contributed by atoms with van der Waals surface area (Å²) in [5, 5.41) is 8.12. The van der Waals surface area contributed by atoms with Crippen molar-refractivity contribution in [3.63, 3.8) is 0 Å². The highest BCUT2D eigenvalue weighted by atomic mass is 32.2. The summed E-state index contributed by atoms with van der Waals surface area (Å²) in [4.78, 5) is 1.29. The number of benzene rings is 1. The van der Waals surface area contributed by atoms with Gasteiger partial charge in [-0.25, -0.2) is 0 Å². The zero-order valence-electron chi connectivity index (χ0n) is 11.9. The summed E-state index contributed by atoms with van der Waals surface area (Å²) in [5.74, 6) is 0. The van der Waals surface area contributed by atoms with Crippen LogP contribution in [-0.2, 0) is 6.54 Å². The summed E-state index contributed by atoms with van der Waals surface area (Å²) >= 11 is 1.77. The predicted octanol–water partition coefficient (Wildman–Crippen LogP) is 4.33. The molecule has 2 aromatic rings. The maximum Gasteiger partial charge on any atom is 0.0815 e. The van der Waals surface area contributed by atoms with Crippen molar-refractivity contribution in [2.24, 2.45) is 0 Å². The van der Waals surface area contributed by atoms with Crippen LogP contribution in [0, 0.1) is 0 Å². The molecule has 0 saturated heterocycles. The Balaban J connectivity index is 1.57. The van der Waals surface area contributed by atoms with Gasteiger partial charge in [0.1, 0.15) is 0 Å². The van der Waals surface area contributed by atoms with Crippen LogP contribution in [0.25, 0.3) is 0 Å². The molecule has 1 N–H and O–H groups in total. The first kappa shape index (κ1) is 13.6. The molecule has 1 aromatic heterocycles. The largest absolute Gasteiger partial charge is 0.379 e. The fourth-order valence-electron chi connectivity index (χ4n) is 2.75. The molecule has 0 bridgehead atoms. The van der Waals surface area contributed by atoms with Gasteiger partial charge in [-0.05, 0) is 49.4 Å². The SMILES string of the molecule is CSc1ccc(NCc2ccn(C3CCCC3)n2)cc1. The molecule has 3 rings (SSSR count). The third kappa shape index (κ3) is 3.18. The molecule has 0 spiro atoms. The van der Waals surface area contributed by atoms with Crippen LogP contribution in [0.2, 0.25) is 0 Å². The van der Waals surface area contributed by atoms with Crippen LogP contribution >= 0.6 is 11.8 Å². The smallest absolute Gasteiger partial charge is 0.0815 e. The lowest BCUT2D eigenvalue weighted by atomic mass is 10.3. The summed E-state index contributed by atoms with van der Waals surface area (Å²) in [7, 11) is 0. The van der Waals surface area contributed by atoms with Crippen molar-refractivity contribution >= 4 is 17.4 Å². The Bertz CT molecular complexity index is 541. The standard InChI is InChI=1S/C16H21N3S/c1-20-16-8-6-13(7-9-16)17-12-14-10-11-19(18-14)15-4-2-3-5-15/h6-11,15,17H,2-5,12H2,1H3. The van der Waals surface area contributed by atoms with Gasteiger partial charge in [-0.15, -0.1) is 11.8 Å². The highest BCUT2D eigenvalue weighted by Crippen LogP contribution is 2.28. The molecule has 4 heteroatoms. The van der Waals surface area contributed by atoms with Gasteiger partial charge in [0.2, 0.25) is 0 Å². The van der Waals surface area contributed by atoms with Gasteiger partial charge in [0.05, 0.1) is 18.3 Å². The Labute approximate surface area is 124 Å². The van der Waals surface area contributed by atoms with Crippen molar-refractivity contribution < 1.29 is 0 Å². The van der Waals surface area contributed by atoms with E-state index in [9.17, 15) is 0 Å². The lowest BCUT2D eigenvalue weighted by Crippen LogP contribution is -2.07. The van der Waals surface area contributed by atoms with Gasteiger partial charge in [0.15, 0.2) is 0 Å². The van der Waals surface area contributed by atoms with Crippen LogP contribution in [-0.4, -0.2) is 16.0 Å². The van der Waals surface area contributed by atoms with E-state index in [2.05, 4.69) is 52.8 Å². The van der Waals surface area contributed by atoms with Crippen molar-refractivity contribution in [2.45, 2.75) is 43.2 Å². The van der Waals surface area contributed by atoms with Crippen molar-refractivity contribution in [3.05, 3.63) is 42.2 Å². The van der Waals surface area contributed by atoms with Crippen LogP contribution in [0.4, 0.5) is 5.69 Å². The molecular formula is C16H21N3S. The first-order valence-corrected chi connectivity index (χ1v) is 8.49. The molecule has 3 nitrogen and oxygen atoms in total. The second-order valence-corrected chi connectivity index (χ2v) is 6.19. The zero-order chi connectivity index (χ0) is 13.8. The van der Waals surface area contributed by atoms with E-state index in [1.54, 1.807) is 11.8 Å². The molecule has 20 heavy (non-hydrogen) atoms. The maximum absolute atomic E-state index is 4.69. The number of aromatic nitrogens is 2. The third-order valence-electron chi connectivity index (χ3n) is 3.93. The van der Waals surface area contributed by atoms with Crippen molar-refractivity contribution in [1.29, 1.82) is 0 Å². The van der Waals surface area contributed by atoms with E-state index in [0.29, 0.717) is 6.04 Å². The van der Waals surface area contributed by atoms with Crippen LogP contribution in [0.15, 0.2) is 41.4 Å². The van der Waals surface area contributed by atoms with Gasteiger partial charge in [0, 0.05) is 16.8 Å². The predicted molar refractivity (Wildman–Crippen MR) is 85.3 cm³/mol. The average Bonchev–Trinajstić information content (AvgIpc) is 3.16. The van der Waals surface area contributed by atoms with Gasteiger partial charge in [-0.1, -0.05) is 12.8 Å². The summed E-state index contributed by atoms with van der Waals surface area (Å²) < 4.78 is 2.15. The second kappa shape index (κ2) is 6.35. The normalized spacial score (nSPS) is 15.7. The lowest BCUT2D eigenvalue weighted by molar-refractivity contribution is 0.463. The van der Waals surface area contributed by atoms with Crippen LogP contribution < -0.4 is 5.32 Å². The van der Waals surface area contributed by atoms with Gasteiger partial charge in [-0.3, -0.25) is 4.68 Å². The Morgan fingerprint density at radius 3 is 2.65 bits per heavy atom. The molecule has 0 radical (unpaired) electrons. The van der Waals surface area contributed by atoms with Gasteiger partial charge < -0.3 is 5.32 Å². The van der Waals surface area contributed by atoms with E-state index in [0.717, 1.165) is 17.9 Å². The highest BCUT2D eigenvalue weighted by Gasteiger charge is 2.17. The minimum atomic E-state index is 0.629. The van der Waals surface area contributed by atoms with Crippen molar-refractivity contribution in [2.75, 3.05) is 11.6 Å². The molecule has 1 saturated carbocycles. The fourth-order valence-corrected chi connectivity index (χ4v) is 3.15.